The van der Waals surface area contributed by atoms with Gasteiger partial charge in [-0.25, -0.2) is 14.4 Å². The minimum atomic E-state index is -0.290. The van der Waals surface area contributed by atoms with Gasteiger partial charge in [0.05, 0.1) is 0 Å². The molecule has 1 aromatic carbocycles. The standard InChI is InChI=1S/C15H17BrFN3/c1-3-11(18)8-12-6-9(2)19-15(20-12)13-5-4-10(17)7-14(13)16/h4-7,11H,3,8,18H2,1-2H3. The van der Waals surface area contributed by atoms with E-state index in [0.29, 0.717) is 16.7 Å². The number of aryl methyl sites for hydroxylation is 1. The molecule has 0 aliphatic heterocycles. The van der Waals surface area contributed by atoms with Gasteiger partial charge in [0.25, 0.3) is 0 Å². The van der Waals surface area contributed by atoms with Gasteiger partial charge in [0.1, 0.15) is 5.82 Å². The van der Waals surface area contributed by atoms with E-state index in [2.05, 4.69) is 32.8 Å². The smallest absolute Gasteiger partial charge is 0.160 e. The van der Waals surface area contributed by atoms with Crippen molar-refractivity contribution >= 4 is 15.9 Å². The van der Waals surface area contributed by atoms with Crippen LogP contribution in [0.4, 0.5) is 4.39 Å². The van der Waals surface area contributed by atoms with Crippen LogP contribution in [-0.4, -0.2) is 16.0 Å². The molecular formula is C15H17BrFN3. The molecule has 2 aromatic rings. The van der Waals surface area contributed by atoms with Gasteiger partial charge in [-0.1, -0.05) is 6.92 Å². The van der Waals surface area contributed by atoms with E-state index in [0.717, 1.165) is 23.4 Å². The van der Waals surface area contributed by atoms with Crippen molar-refractivity contribution in [3.63, 3.8) is 0 Å². The van der Waals surface area contributed by atoms with Gasteiger partial charge in [0, 0.05) is 33.9 Å². The molecule has 1 aromatic heterocycles. The summed E-state index contributed by atoms with van der Waals surface area (Å²) in [4.78, 5) is 8.96. The number of aromatic nitrogens is 2. The SMILES string of the molecule is CCC(N)Cc1cc(C)nc(-c2ccc(F)cc2Br)n1. The highest BCUT2D eigenvalue weighted by atomic mass is 79.9. The average Bonchev–Trinajstić information content (AvgIpc) is 2.37. The first-order valence-electron chi connectivity index (χ1n) is 6.55. The van der Waals surface area contributed by atoms with Crippen LogP contribution in [0.15, 0.2) is 28.7 Å². The Kier molecular flexibility index (Phi) is 4.83. The maximum atomic E-state index is 13.2. The first-order chi connectivity index (χ1) is 9.49. The summed E-state index contributed by atoms with van der Waals surface area (Å²) in [6.07, 6.45) is 1.62. The zero-order valence-corrected chi connectivity index (χ0v) is 13.1. The highest BCUT2D eigenvalue weighted by molar-refractivity contribution is 9.10. The minimum Gasteiger partial charge on any atom is -0.327 e. The Morgan fingerprint density at radius 2 is 2.05 bits per heavy atom. The van der Waals surface area contributed by atoms with Crippen molar-refractivity contribution in [3.05, 3.63) is 45.9 Å². The molecule has 2 N–H and O–H groups in total. The van der Waals surface area contributed by atoms with Gasteiger partial charge in [-0.05, 0) is 53.5 Å². The van der Waals surface area contributed by atoms with E-state index in [1.54, 1.807) is 6.07 Å². The monoisotopic (exact) mass is 337 g/mol. The molecule has 1 heterocycles. The molecule has 1 atom stereocenters. The summed E-state index contributed by atoms with van der Waals surface area (Å²) < 4.78 is 13.8. The van der Waals surface area contributed by atoms with Gasteiger partial charge in [0.15, 0.2) is 5.82 Å². The molecule has 0 fully saturated rings. The third kappa shape index (κ3) is 3.61. The van der Waals surface area contributed by atoms with Gasteiger partial charge in [-0.3, -0.25) is 0 Å². The molecule has 0 radical (unpaired) electrons. The highest BCUT2D eigenvalue weighted by Crippen LogP contribution is 2.26. The first kappa shape index (κ1) is 15.1. The molecule has 3 nitrogen and oxygen atoms in total. The van der Waals surface area contributed by atoms with Gasteiger partial charge >= 0.3 is 0 Å². The third-order valence-corrected chi connectivity index (χ3v) is 3.73. The number of hydrogen-bond acceptors (Lipinski definition) is 3. The van der Waals surface area contributed by atoms with E-state index < -0.39 is 0 Å². The van der Waals surface area contributed by atoms with Crippen LogP contribution in [0.2, 0.25) is 0 Å². The van der Waals surface area contributed by atoms with Crippen molar-refractivity contribution in [3.8, 4) is 11.4 Å². The average molecular weight is 338 g/mol. The van der Waals surface area contributed by atoms with Gasteiger partial charge in [0.2, 0.25) is 0 Å². The molecule has 0 aliphatic rings. The molecule has 0 bridgehead atoms. The quantitative estimate of drug-likeness (QED) is 0.926. The molecule has 0 saturated carbocycles. The number of rotatable bonds is 4. The van der Waals surface area contributed by atoms with Crippen molar-refractivity contribution < 1.29 is 4.39 Å². The van der Waals surface area contributed by atoms with Crippen molar-refractivity contribution in [1.29, 1.82) is 0 Å². The Hall–Kier alpha value is -1.33. The molecular weight excluding hydrogens is 321 g/mol. The fourth-order valence-corrected chi connectivity index (χ4v) is 2.47. The molecule has 5 heteroatoms. The lowest BCUT2D eigenvalue weighted by Gasteiger charge is -2.11. The van der Waals surface area contributed by atoms with Crippen molar-refractivity contribution in [1.82, 2.24) is 9.97 Å². The summed E-state index contributed by atoms with van der Waals surface area (Å²) in [6.45, 7) is 3.97. The fourth-order valence-electron chi connectivity index (χ4n) is 1.94. The van der Waals surface area contributed by atoms with Crippen LogP contribution >= 0.6 is 15.9 Å². The topological polar surface area (TPSA) is 51.8 Å². The Bertz CT molecular complexity index is 616. The third-order valence-electron chi connectivity index (χ3n) is 3.08. The lowest BCUT2D eigenvalue weighted by molar-refractivity contribution is 0.627. The molecule has 1 unspecified atom stereocenters. The van der Waals surface area contributed by atoms with Crippen molar-refractivity contribution in [2.24, 2.45) is 5.73 Å². The van der Waals surface area contributed by atoms with E-state index in [1.807, 2.05) is 13.0 Å². The number of nitrogens with two attached hydrogens (primary N) is 1. The predicted octanol–water partition coefficient (Wildman–Crippen LogP) is 3.63. The molecule has 106 valence electrons. The van der Waals surface area contributed by atoms with E-state index in [-0.39, 0.29) is 11.9 Å². The Morgan fingerprint density at radius 1 is 1.30 bits per heavy atom. The summed E-state index contributed by atoms with van der Waals surface area (Å²) >= 11 is 3.35. The second-order valence-corrected chi connectivity index (χ2v) is 5.68. The molecule has 0 spiro atoms. The second-order valence-electron chi connectivity index (χ2n) is 4.82. The van der Waals surface area contributed by atoms with E-state index in [1.165, 1.54) is 12.1 Å². The fraction of sp³-hybridized carbons (Fsp3) is 0.333. The zero-order chi connectivity index (χ0) is 14.7. The Morgan fingerprint density at radius 3 is 2.70 bits per heavy atom. The lowest BCUT2D eigenvalue weighted by Crippen LogP contribution is -2.22. The largest absolute Gasteiger partial charge is 0.327 e. The normalized spacial score (nSPS) is 12.4. The Balaban J connectivity index is 2.41. The predicted molar refractivity (Wildman–Crippen MR) is 81.8 cm³/mol. The summed E-state index contributed by atoms with van der Waals surface area (Å²) in [5.74, 6) is 0.302. The van der Waals surface area contributed by atoms with Crippen LogP contribution in [0.3, 0.4) is 0 Å². The number of nitrogens with zero attached hydrogens (tertiary/aromatic N) is 2. The molecule has 0 aliphatic carbocycles. The van der Waals surface area contributed by atoms with Gasteiger partial charge in [-0.15, -0.1) is 0 Å². The van der Waals surface area contributed by atoms with E-state index >= 15 is 0 Å². The minimum absolute atomic E-state index is 0.0915. The maximum Gasteiger partial charge on any atom is 0.160 e. The second kappa shape index (κ2) is 6.41. The number of hydrogen-bond donors (Lipinski definition) is 1. The van der Waals surface area contributed by atoms with Crippen molar-refractivity contribution in [2.45, 2.75) is 32.7 Å². The lowest BCUT2D eigenvalue weighted by atomic mass is 10.1. The highest BCUT2D eigenvalue weighted by Gasteiger charge is 2.11. The first-order valence-corrected chi connectivity index (χ1v) is 7.34. The van der Waals surface area contributed by atoms with Gasteiger partial charge < -0.3 is 5.73 Å². The van der Waals surface area contributed by atoms with Crippen LogP contribution in [0.5, 0.6) is 0 Å². The van der Waals surface area contributed by atoms with Crippen LogP contribution in [0, 0.1) is 12.7 Å². The summed E-state index contributed by atoms with van der Waals surface area (Å²) in [5, 5.41) is 0. The molecule has 0 saturated heterocycles. The van der Waals surface area contributed by atoms with E-state index in [9.17, 15) is 4.39 Å². The summed E-state index contributed by atoms with van der Waals surface area (Å²) in [7, 11) is 0. The van der Waals surface area contributed by atoms with Crippen LogP contribution in [0.1, 0.15) is 24.7 Å². The number of benzene rings is 1. The number of halogens is 2. The molecule has 0 amide bonds. The van der Waals surface area contributed by atoms with Crippen LogP contribution < -0.4 is 5.73 Å². The van der Waals surface area contributed by atoms with Gasteiger partial charge in [-0.2, -0.15) is 0 Å². The Labute approximate surface area is 126 Å². The summed E-state index contributed by atoms with van der Waals surface area (Å²) in [6, 6.07) is 6.53. The molecule has 20 heavy (non-hydrogen) atoms. The molecule has 2 rings (SSSR count). The van der Waals surface area contributed by atoms with Crippen LogP contribution in [0.25, 0.3) is 11.4 Å². The maximum absolute atomic E-state index is 13.2. The van der Waals surface area contributed by atoms with E-state index in [4.69, 9.17) is 5.73 Å². The van der Waals surface area contributed by atoms with Crippen LogP contribution in [-0.2, 0) is 6.42 Å². The zero-order valence-electron chi connectivity index (χ0n) is 11.5. The summed E-state index contributed by atoms with van der Waals surface area (Å²) in [5.41, 5.74) is 8.55. The van der Waals surface area contributed by atoms with Crippen molar-refractivity contribution in [2.75, 3.05) is 0 Å².